The maximum atomic E-state index is 12.7. The Morgan fingerprint density at radius 3 is 2.54 bits per heavy atom. The Morgan fingerprint density at radius 1 is 1.21 bits per heavy atom. The summed E-state index contributed by atoms with van der Waals surface area (Å²) in [6, 6.07) is 9.81. The summed E-state index contributed by atoms with van der Waals surface area (Å²) >= 11 is 0.917. The summed E-state index contributed by atoms with van der Waals surface area (Å²) in [4.78, 5) is 21.0. The zero-order valence-corrected chi connectivity index (χ0v) is 16.4. The molecule has 0 bridgehead atoms. The van der Waals surface area contributed by atoms with Gasteiger partial charge in [-0.1, -0.05) is 30.3 Å². The highest BCUT2D eigenvalue weighted by Crippen LogP contribution is 2.29. The predicted octanol–water partition coefficient (Wildman–Crippen LogP) is 2.53. The smallest absolute Gasteiger partial charge is 0.356 e. The highest BCUT2D eigenvalue weighted by molar-refractivity contribution is 7.09. The van der Waals surface area contributed by atoms with Gasteiger partial charge >= 0.3 is 6.18 Å². The lowest BCUT2D eigenvalue weighted by Crippen LogP contribution is -2.39. The third-order valence-corrected chi connectivity index (χ3v) is 4.52. The van der Waals surface area contributed by atoms with Gasteiger partial charge in [0.05, 0.1) is 6.54 Å². The average molecular weight is 413 g/mol. The van der Waals surface area contributed by atoms with Crippen molar-refractivity contribution >= 4 is 23.2 Å². The monoisotopic (exact) mass is 413 g/mol. The van der Waals surface area contributed by atoms with Crippen LogP contribution in [0, 0.1) is 0 Å². The zero-order valence-electron chi connectivity index (χ0n) is 15.6. The van der Waals surface area contributed by atoms with Gasteiger partial charge in [0, 0.05) is 26.0 Å². The minimum atomic E-state index is -4.46. The van der Waals surface area contributed by atoms with Crippen LogP contribution in [0.4, 0.5) is 13.2 Å². The maximum absolute atomic E-state index is 12.7. The van der Waals surface area contributed by atoms with E-state index in [9.17, 15) is 18.0 Å². The minimum Gasteiger partial charge on any atom is -0.356 e. The molecule has 0 spiro atoms. The highest BCUT2D eigenvalue weighted by Gasteiger charge is 2.33. The molecule has 2 rings (SSSR count). The molecule has 0 aliphatic rings. The fourth-order valence-electron chi connectivity index (χ4n) is 2.11. The second kappa shape index (κ2) is 10.1. The van der Waals surface area contributed by atoms with Crippen molar-refractivity contribution in [3.63, 3.8) is 0 Å². The largest absolute Gasteiger partial charge is 0.434 e. The number of carbonyl (C=O) groups excluding carboxylic acids is 1. The van der Waals surface area contributed by atoms with Crippen molar-refractivity contribution in [2.24, 2.45) is 4.99 Å². The van der Waals surface area contributed by atoms with Crippen LogP contribution in [-0.2, 0) is 23.9 Å². The van der Waals surface area contributed by atoms with E-state index in [0.717, 1.165) is 28.7 Å². The first-order chi connectivity index (χ1) is 13.3. The van der Waals surface area contributed by atoms with Crippen LogP contribution in [0.3, 0.4) is 0 Å². The number of amides is 1. The van der Waals surface area contributed by atoms with Crippen LogP contribution < -0.4 is 10.6 Å². The topological polar surface area (TPSA) is 69.6 Å². The number of hydrogen-bond donors (Lipinski definition) is 2. The summed E-state index contributed by atoms with van der Waals surface area (Å²) < 4.78 is 38.0. The normalized spacial score (nSPS) is 12.0. The summed E-state index contributed by atoms with van der Waals surface area (Å²) in [5.41, 5.74) is 0.223. The molecular formula is C18H22F3N5OS. The number of rotatable bonds is 7. The fraction of sp³-hybridized carbons (Fsp3) is 0.389. The van der Waals surface area contributed by atoms with E-state index < -0.39 is 11.9 Å². The van der Waals surface area contributed by atoms with Gasteiger partial charge in [-0.2, -0.15) is 13.2 Å². The van der Waals surface area contributed by atoms with Gasteiger partial charge in [-0.15, -0.1) is 11.3 Å². The standard InChI is InChI=1S/C18H22F3N5OS/c1-26(2)16(27)11-24-17(22-9-8-13-6-4-3-5-7-13)23-10-15-25-14(12-28-15)18(19,20)21/h3-7,12H,8-11H2,1-2H3,(H2,22,23,24). The van der Waals surface area contributed by atoms with E-state index in [2.05, 4.69) is 20.6 Å². The molecule has 1 heterocycles. The molecule has 0 atom stereocenters. The Morgan fingerprint density at radius 2 is 1.93 bits per heavy atom. The Bertz CT molecular complexity index is 790. The lowest BCUT2D eigenvalue weighted by atomic mass is 10.1. The first-order valence-corrected chi connectivity index (χ1v) is 9.41. The molecule has 0 unspecified atom stereocenters. The molecule has 0 fully saturated rings. The van der Waals surface area contributed by atoms with E-state index in [-0.39, 0.29) is 24.0 Å². The number of alkyl halides is 3. The Hall–Kier alpha value is -2.62. The Kier molecular flexibility index (Phi) is 7.80. The number of carbonyl (C=O) groups is 1. The van der Waals surface area contributed by atoms with E-state index in [1.54, 1.807) is 14.1 Å². The number of halogens is 3. The molecule has 2 N–H and O–H groups in total. The van der Waals surface area contributed by atoms with E-state index >= 15 is 0 Å². The minimum absolute atomic E-state index is 0.0701. The number of aromatic nitrogens is 1. The van der Waals surface area contributed by atoms with Crippen molar-refractivity contribution in [3.05, 3.63) is 52.0 Å². The second-order valence-corrected chi connectivity index (χ2v) is 7.04. The molecule has 28 heavy (non-hydrogen) atoms. The quantitative estimate of drug-likeness (QED) is 0.541. The number of guanidine groups is 1. The molecule has 2 aromatic rings. The average Bonchev–Trinajstić information content (AvgIpc) is 3.13. The third-order valence-electron chi connectivity index (χ3n) is 3.67. The van der Waals surface area contributed by atoms with Crippen LogP contribution in [0.2, 0.25) is 0 Å². The molecule has 0 aliphatic heterocycles. The first-order valence-electron chi connectivity index (χ1n) is 8.53. The molecule has 0 saturated carbocycles. The second-order valence-electron chi connectivity index (χ2n) is 6.09. The van der Waals surface area contributed by atoms with Crippen LogP contribution in [-0.4, -0.2) is 48.9 Å². The predicted molar refractivity (Wildman–Crippen MR) is 103 cm³/mol. The molecule has 1 aromatic heterocycles. The van der Waals surface area contributed by atoms with Crippen molar-refractivity contribution in [2.75, 3.05) is 27.2 Å². The van der Waals surface area contributed by atoms with Crippen molar-refractivity contribution in [2.45, 2.75) is 19.1 Å². The van der Waals surface area contributed by atoms with E-state index in [0.29, 0.717) is 12.5 Å². The van der Waals surface area contributed by atoms with Crippen LogP contribution in [0.15, 0.2) is 40.7 Å². The number of nitrogens with zero attached hydrogens (tertiary/aromatic N) is 3. The Balaban J connectivity index is 1.95. The van der Waals surface area contributed by atoms with Gasteiger partial charge in [0.25, 0.3) is 0 Å². The number of thiazole rings is 1. The maximum Gasteiger partial charge on any atom is 0.434 e. The van der Waals surface area contributed by atoms with E-state index in [1.165, 1.54) is 4.90 Å². The van der Waals surface area contributed by atoms with Crippen LogP contribution in [0.1, 0.15) is 16.3 Å². The Labute approximate surface area is 165 Å². The highest BCUT2D eigenvalue weighted by atomic mass is 32.1. The van der Waals surface area contributed by atoms with Gasteiger partial charge in [-0.05, 0) is 12.0 Å². The van der Waals surface area contributed by atoms with Gasteiger partial charge in [0.1, 0.15) is 11.6 Å². The lowest BCUT2D eigenvalue weighted by Gasteiger charge is -2.13. The number of nitrogens with one attached hydrogen (secondary N) is 2. The molecular weight excluding hydrogens is 391 g/mol. The molecule has 0 aliphatic carbocycles. The van der Waals surface area contributed by atoms with Crippen molar-refractivity contribution in [1.82, 2.24) is 20.5 Å². The van der Waals surface area contributed by atoms with Gasteiger partial charge in [0.2, 0.25) is 5.91 Å². The summed E-state index contributed by atoms with van der Waals surface area (Å²) in [6.07, 6.45) is -3.73. The molecule has 0 radical (unpaired) electrons. The molecule has 6 nitrogen and oxygen atoms in total. The first kappa shape index (κ1) is 21.7. The molecule has 1 amide bonds. The van der Waals surface area contributed by atoms with Crippen LogP contribution >= 0.6 is 11.3 Å². The van der Waals surface area contributed by atoms with Crippen LogP contribution in [0.5, 0.6) is 0 Å². The zero-order chi connectivity index (χ0) is 20.6. The van der Waals surface area contributed by atoms with E-state index in [1.807, 2.05) is 30.3 Å². The van der Waals surface area contributed by atoms with Crippen LogP contribution in [0.25, 0.3) is 0 Å². The van der Waals surface area contributed by atoms with E-state index in [4.69, 9.17) is 0 Å². The summed E-state index contributed by atoms with van der Waals surface area (Å²) in [7, 11) is 3.25. The van der Waals surface area contributed by atoms with Gasteiger partial charge in [-0.25, -0.2) is 9.98 Å². The van der Waals surface area contributed by atoms with Crippen molar-refractivity contribution in [3.8, 4) is 0 Å². The fourth-order valence-corrected chi connectivity index (χ4v) is 2.85. The number of hydrogen-bond acceptors (Lipinski definition) is 4. The van der Waals surface area contributed by atoms with Crippen molar-refractivity contribution < 1.29 is 18.0 Å². The molecule has 152 valence electrons. The molecule has 1 aromatic carbocycles. The summed E-state index contributed by atoms with van der Waals surface area (Å²) in [5.74, 6) is 0.160. The SMILES string of the molecule is CN(C)C(=O)CN=C(NCCc1ccccc1)NCc1nc(C(F)(F)F)cs1. The third kappa shape index (κ3) is 7.18. The summed E-state index contributed by atoms with van der Waals surface area (Å²) in [6.45, 7) is 0.561. The van der Waals surface area contributed by atoms with Gasteiger partial charge in [0.15, 0.2) is 11.7 Å². The van der Waals surface area contributed by atoms with Gasteiger partial charge in [-0.3, -0.25) is 4.79 Å². The number of likely N-dealkylation sites (N-methyl/N-ethyl adjacent to an activating group) is 1. The number of aliphatic imine (C=N–C) groups is 1. The van der Waals surface area contributed by atoms with Crippen molar-refractivity contribution in [1.29, 1.82) is 0 Å². The number of benzene rings is 1. The summed E-state index contributed by atoms with van der Waals surface area (Å²) in [5, 5.41) is 7.28. The molecule has 0 saturated heterocycles. The molecule has 10 heteroatoms. The lowest BCUT2D eigenvalue weighted by molar-refractivity contribution is -0.140. The van der Waals surface area contributed by atoms with Gasteiger partial charge < -0.3 is 15.5 Å².